The molecule has 1 heterocycles. The van der Waals surface area contributed by atoms with Gasteiger partial charge < -0.3 is 24.6 Å². The Kier molecular flexibility index (Phi) is 9.94. The van der Waals surface area contributed by atoms with Gasteiger partial charge in [0.15, 0.2) is 0 Å². The molecule has 0 radical (unpaired) electrons. The van der Waals surface area contributed by atoms with Crippen molar-refractivity contribution >= 4 is 15.9 Å². The third kappa shape index (κ3) is 7.63. The lowest BCUT2D eigenvalue weighted by molar-refractivity contribution is -0.126. The summed E-state index contributed by atoms with van der Waals surface area (Å²) >= 11 is 0. The fraction of sp³-hybridized carbons (Fsp3) is 0.720. The first-order valence-electron chi connectivity index (χ1n) is 12.5. The van der Waals surface area contributed by atoms with Gasteiger partial charge in [0.05, 0.1) is 18.6 Å². The minimum Gasteiger partial charge on any atom is -0.497 e. The van der Waals surface area contributed by atoms with Gasteiger partial charge in [-0.3, -0.25) is 4.79 Å². The maximum atomic E-state index is 13.1. The summed E-state index contributed by atoms with van der Waals surface area (Å²) < 4.78 is 38.1. The lowest BCUT2D eigenvalue weighted by Crippen LogP contribution is -2.46. The molecule has 10 heteroatoms. The van der Waals surface area contributed by atoms with Crippen LogP contribution in [0.2, 0.25) is 0 Å². The minimum atomic E-state index is -3.68. The van der Waals surface area contributed by atoms with Crippen LogP contribution in [0.3, 0.4) is 0 Å². The zero-order valence-electron chi connectivity index (χ0n) is 21.9. The third-order valence-electron chi connectivity index (χ3n) is 7.14. The number of piperazine rings is 1. The van der Waals surface area contributed by atoms with Gasteiger partial charge in [-0.05, 0) is 69.3 Å². The summed E-state index contributed by atoms with van der Waals surface area (Å²) in [5, 5.41) is 3.09. The van der Waals surface area contributed by atoms with Crippen LogP contribution in [0.15, 0.2) is 17.0 Å². The van der Waals surface area contributed by atoms with Crippen LogP contribution in [0.1, 0.15) is 30.4 Å². The smallest absolute Gasteiger partial charge is 0.246 e. The predicted octanol–water partition coefficient (Wildman–Crippen LogP) is 1.48. The number of hydrogen-bond acceptors (Lipinski definition) is 7. The van der Waals surface area contributed by atoms with Gasteiger partial charge in [-0.15, -0.1) is 0 Å². The Labute approximate surface area is 210 Å². The van der Waals surface area contributed by atoms with Crippen molar-refractivity contribution in [1.29, 1.82) is 0 Å². The van der Waals surface area contributed by atoms with E-state index in [2.05, 4.69) is 22.2 Å². The number of methoxy groups -OCH3 is 1. The highest BCUT2D eigenvalue weighted by molar-refractivity contribution is 7.89. The van der Waals surface area contributed by atoms with Gasteiger partial charge in [-0.25, -0.2) is 8.42 Å². The molecule has 2 fully saturated rings. The number of ether oxygens (including phenoxy) is 2. The SMILES string of the molecule is COc1cc(C)c(S(=O)(=O)N(C)CCOCC(=O)N[C@H]2CC[C@@H](CN3CCN(C)CC3)C2)c(C)c1. The second kappa shape index (κ2) is 12.5. The zero-order valence-corrected chi connectivity index (χ0v) is 22.7. The summed E-state index contributed by atoms with van der Waals surface area (Å²) in [5.41, 5.74) is 1.27. The van der Waals surface area contributed by atoms with Crippen LogP contribution >= 0.6 is 0 Å². The second-order valence-corrected chi connectivity index (χ2v) is 12.0. The van der Waals surface area contributed by atoms with E-state index in [0.717, 1.165) is 52.0 Å². The van der Waals surface area contributed by atoms with Crippen molar-refractivity contribution in [1.82, 2.24) is 19.4 Å². The number of carbonyl (C=O) groups is 1. The molecule has 1 saturated carbocycles. The van der Waals surface area contributed by atoms with Gasteiger partial charge in [-0.2, -0.15) is 4.31 Å². The molecule has 0 aromatic heterocycles. The van der Waals surface area contributed by atoms with E-state index in [4.69, 9.17) is 9.47 Å². The molecule has 1 aliphatic heterocycles. The number of nitrogens with one attached hydrogen (secondary N) is 1. The first-order chi connectivity index (χ1) is 16.6. The Hall–Kier alpha value is -1.72. The normalized spacial score (nSPS) is 22.0. The van der Waals surface area contributed by atoms with Crippen LogP contribution in [-0.4, -0.2) is 108 Å². The lowest BCUT2D eigenvalue weighted by Gasteiger charge is -2.33. The molecule has 1 aromatic rings. The van der Waals surface area contributed by atoms with Crippen molar-refractivity contribution in [2.24, 2.45) is 5.92 Å². The molecule has 1 aliphatic carbocycles. The summed E-state index contributed by atoms with van der Waals surface area (Å²) in [6, 6.07) is 3.63. The van der Waals surface area contributed by atoms with E-state index in [9.17, 15) is 13.2 Å². The van der Waals surface area contributed by atoms with Gasteiger partial charge in [0.25, 0.3) is 0 Å². The van der Waals surface area contributed by atoms with Gasteiger partial charge in [0.2, 0.25) is 15.9 Å². The van der Waals surface area contributed by atoms with Crippen LogP contribution in [0.25, 0.3) is 0 Å². The molecule has 2 atom stereocenters. The molecule has 1 amide bonds. The minimum absolute atomic E-state index is 0.0614. The third-order valence-corrected chi connectivity index (χ3v) is 9.30. The molecule has 0 unspecified atom stereocenters. The standard InChI is InChI=1S/C25H42N4O5S/c1-19-14-23(33-5)15-20(2)25(19)35(31,32)28(4)12-13-34-18-24(30)26-22-7-6-21(16-22)17-29-10-8-27(3)9-11-29/h14-15,21-22H,6-13,16-18H2,1-5H3,(H,26,30)/t21-,22+/m1/s1. The van der Waals surface area contributed by atoms with Crippen molar-refractivity contribution in [3.05, 3.63) is 23.3 Å². The number of amides is 1. The Balaban J connectivity index is 1.37. The van der Waals surface area contributed by atoms with E-state index in [1.54, 1.807) is 33.1 Å². The topological polar surface area (TPSA) is 91.4 Å². The van der Waals surface area contributed by atoms with Crippen LogP contribution in [-0.2, 0) is 19.6 Å². The quantitative estimate of drug-likeness (QED) is 0.451. The molecule has 3 rings (SSSR count). The fourth-order valence-electron chi connectivity index (χ4n) is 5.11. The number of benzene rings is 1. The van der Waals surface area contributed by atoms with Crippen molar-refractivity contribution in [2.75, 3.05) is 73.7 Å². The van der Waals surface area contributed by atoms with Crippen molar-refractivity contribution in [3.8, 4) is 5.75 Å². The molecule has 1 saturated heterocycles. The maximum Gasteiger partial charge on any atom is 0.246 e. The average molecular weight is 511 g/mol. The first kappa shape index (κ1) is 27.9. The molecule has 9 nitrogen and oxygen atoms in total. The summed E-state index contributed by atoms with van der Waals surface area (Å²) in [7, 11) is 1.58. The van der Waals surface area contributed by atoms with Crippen LogP contribution in [0.5, 0.6) is 5.75 Å². The molecule has 1 aromatic carbocycles. The lowest BCUT2D eigenvalue weighted by atomic mass is 10.1. The monoisotopic (exact) mass is 510 g/mol. The highest BCUT2D eigenvalue weighted by atomic mass is 32.2. The van der Waals surface area contributed by atoms with Crippen LogP contribution in [0.4, 0.5) is 0 Å². The maximum absolute atomic E-state index is 13.1. The number of aryl methyl sites for hydroxylation is 2. The molecule has 198 valence electrons. The van der Waals surface area contributed by atoms with Crippen molar-refractivity contribution < 1.29 is 22.7 Å². The Morgan fingerprint density at radius 3 is 2.43 bits per heavy atom. The Morgan fingerprint density at radius 1 is 1.14 bits per heavy atom. The van der Waals surface area contributed by atoms with Gasteiger partial charge >= 0.3 is 0 Å². The summed E-state index contributed by atoms with van der Waals surface area (Å²) in [4.78, 5) is 17.5. The number of hydrogen-bond donors (Lipinski definition) is 1. The highest BCUT2D eigenvalue weighted by Gasteiger charge is 2.28. The average Bonchev–Trinajstić information content (AvgIpc) is 3.23. The molecule has 2 aliphatic rings. The van der Waals surface area contributed by atoms with Crippen LogP contribution < -0.4 is 10.1 Å². The Bertz CT molecular complexity index is 940. The van der Waals surface area contributed by atoms with E-state index in [0.29, 0.717) is 22.8 Å². The van der Waals surface area contributed by atoms with E-state index in [-0.39, 0.29) is 36.6 Å². The zero-order chi connectivity index (χ0) is 25.6. The number of carbonyl (C=O) groups excluding carboxylic acids is 1. The summed E-state index contributed by atoms with van der Waals surface area (Å²) in [6.45, 7) is 9.38. The predicted molar refractivity (Wildman–Crippen MR) is 136 cm³/mol. The molecular formula is C25H42N4O5S. The Morgan fingerprint density at radius 2 is 1.80 bits per heavy atom. The number of rotatable bonds is 11. The fourth-order valence-corrected chi connectivity index (χ4v) is 6.66. The van der Waals surface area contributed by atoms with Gasteiger partial charge in [-0.1, -0.05) is 0 Å². The van der Waals surface area contributed by atoms with Gasteiger partial charge in [0, 0.05) is 52.4 Å². The molecular weight excluding hydrogens is 468 g/mol. The number of nitrogens with zero attached hydrogens (tertiary/aromatic N) is 3. The summed E-state index contributed by atoms with van der Waals surface area (Å²) in [6.07, 6.45) is 3.16. The summed E-state index contributed by atoms with van der Waals surface area (Å²) in [5.74, 6) is 1.12. The second-order valence-electron chi connectivity index (χ2n) is 10.0. The van der Waals surface area contributed by atoms with E-state index in [1.165, 1.54) is 11.4 Å². The van der Waals surface area contributed by atoms with E-state index >= 15 is 0 Å². The van der Waals surface area contributed by atoms with Gasteiger partial charge in [0.1, 0.15) is 12.4 Å². The molecule has 0 bridgehead atoms. The van der Waals surface area contributed by atoms with Crippen molar-refractivity contribution in [3.63, 3.8) is 0 Å². The van der Waals surface area contributed by atoms with Crippen molar-refractivity contribution in [2.45, 2.75) is 44.0 Å². The van der Waals surface area contributed by atoms with E-state index < -0.39 is 10.0 Å². The number of likely N-dealkylation sites (N-methyl/N-ethyl adjacent to an activating group) is 2. The largest absolute Gasteiger partial charge is 0.497 e. The molecule has 0 spiro atoms. The van der Waals surface area contributed by atoms with E-state index in [1.807, 2.05) is 0 Å². The molecule has 35 heavy (non-hydrogen) atoms. The number of sulfonamides is 1. The highest BCUT2D eigenvalue weighted by Crippen LogP contribution is 2.28. The molecule has 1 N–H and O–H groups in total. The van der Waals surface area contributed by atoms with Crippen LogP contribution in [0, 0.1) is 19.8 Å². The first-order valence-corrected chi connectivity index (χ1v) is 13.9.